The zero-order chi connectivity index (χ0) is 10.7. The Morgan fingerprint density at radius 2 is 2.07 bits per heavy atom. The first-order chi connectivity index (χ1) is 7.27. The van der Waals surface area contributed by atoms with Gasteiger partial charge in [0.1, 0.15) is 0 Å². The summed E-state index contributed by atoms with van der Waals surface area (Å²) in [4.78, 5) is 12.7. The Morgan fingerprint density at radius 1 is 1.20 bits per heavy atom. The Kier molecular flexibility index (Phi) is 2.99. The molecule has 2 nitrogen and oxygen atoms in total. The molecular weight excluding hydrogens is 228 g/mol. The molecule has 2 aromatic heterocycles. The molecule has 0 fully saturated rings. The van der Waals surface area contributed by atoms with Gasteiger partial charge in [0.25, 0.3) is 0 Å². The molecule has 0 bridgehead atoms. The van der Waals surface area contributed by atoms with Crippen molar-refractivity contribution in [2.75, 3.05) is 0 Å². The Morgan fingerprint density at radius 3 is 2.73 bits per heavy atom. The van der Waals surface area contributed by atoms with E-state index in [9.17, 15) is 4.79 Å². The fraction of sp³-hybridized carbons (Fsp3) is 0. The van der Waals surface area contributed by atoms with Crippen LogP contribution in [0.3, 0.4) is 0 Å². The summed E-state index contributed by atoms with van der Waals surface area (Å²) in [6.45, 7) is 0. The van der Waals surface area contributed by atoms with Crippen molar-refractivity contribution >= 4 is 40.8 Å². The monoisotopic (exact) mass is 236 g/mol. The minimum Gasteiger partial charge on any atom is -0.478 e. The number of hydrogen-bond acceptors (Lipinski definition) is 3. The van der Waals surface area contributed by atoms with E-state index in [1.54, 1.807) is 22.8 Å². The van der Waals surface area contributed by atoms with Crippen molar-refractivity contribution in [3.63, 3.8) is 0 Å². The van der Waals surface area contributed by atoms with Crippen molar-refractivity contribution in [2.45, 2.75) is 0 Å². The van der Waals surface area contributed by atoms with Gasteiger partial charge < -0.3 is 5.11 Å². The van der Waals surface area contributed by atoms with Crippen LogP contribution in [0.15, 0.2) is 29.0 Å². The first-order valence-corrected chi connectivity index (χ1v) is 6.05. The molecule has 4 heteroatoms. The Balaban J connectivity index is 2.24. The average molecular weight is 236 g/mol. The maximum atomic E-state index is 10.8. The number of aromatic carboxylic acids is 1. The van der Waals surface area contributed by atoms with Gasteiger partial charge in [-0.15, -0.1) is 22.7 Å². The number of carbonyl (C=O) groups is 1. The van der Waals surface area contributed by atoms with Gasteiger partial charge in [-0.3, -0.25) is 0 Å². The smallest absolute Gasteiger partial charge is 0.337 e. The summed E-state index contributed by atoms with van der Waals surface area (Å²) in [5.74, 6) is -0.873. The van der Waals surface area contributed by atoms with Gasteiger partial charge in [0.15, 0.2) is 0 Å². The van der Waals surface area contributed by atoms with Gasteiger partial charge in [-0.1, -0.05) is 6.07 Å². The maximum Gasteiger partial charge on any atom is 0.337 e. The minimum atomic E-state index is -0.873. The van der Waals surface area contributed by atoms with Crippen molar-refractivity contribution < 1.29 is 9.90 Å². The highest BCUT2D eigenvalue weighted by atomic mass is 32.1. The van der Waals surface area contributed by atoms with Crippen LogP contribution >= 0.6 is 22.7 Å². The van der Waals surface area contributed by atoms with E-state index in [1.165, 1.54) is 11.3 Å². The molecule has 0 aliphatic heterocycles. The fourth-order valence-corrected chi connectivity index (χ4v) is 2.57. The average Bonchev–Trinajstić information content (AvgIpc) is 2.86. The first kappa shape index (κ1) is 10.1. The molecule has 0 unspecified atom stereocenters. The van der Waals surface area contributed by atoms with Crippen molar-refractivity contribution in [2.24, 2.45) is 0 Å². The predicted octanol–water partition coefficient (Wildman–Crippen LogP) is 3.68. The van der Waals surface area contributed by atoms with Crippen LogP contribution in [0.4, 0.5) is 0 Å². The highest BCUT2D eigenvalue weighted by Crippen LogP contribution is 2.21. The van der Waals surface area contributed by atoms with Gasteiger partial charge in [0.05, 0.1) is 5.56 Å². The molecule has 0 atom stereocenters. The molecule has 1 N–H and O–H groups in total. The van der Waals surface area contributed by atoms with Gasteiger partial charge in [-0.25, -0.2) is 4.79 Å². The normalized spacial score (nSPS) is 10.9. The molecule has 76 valence electrons. The summed E-state index contributed by atoms with van der Waals surface area (Å²) < 4.78 is 0. The molecular formula is C11H8O2S2. The van der Waals surface area contributed by atoms with E-state index >= 15 is 0 Å². The van der Waals surface area contributed by atoms with Crippen LogP contribution in [-0.4, -0.2) is 11.1 Å². The second-order valence-electron chi connectivity index (χ2n) is 2.85. The number of hydrogen-bond donors (Lipinski definition) is 1. The van der Waals surface area contributed by atoms with Crippen molar-refractivity contribution in [3.8, 4) is 0 Å². The van der Waals surface area contributed by atoms with E-state index in [0.29, 0.717) is 5.56 Å². The van der Waals surface area contributed by atoms with E-state index < -0.39 is 5.97 Å². The van der Waals surface area contributed by atoms with Gasteiger partial charge in [0, 0.05) is 9.75 Å². The molecule has 0 radical (unpaired) electrons. The lowest BCUT2D eigenvalue weighted by Crippen LogP contribution is -1.94. The second-order valence-corrected chi connectivity index (χ2v) is 4.78. The molecule has 15 heavy (non-hydrogen) atoms. The van der Waals surface area contributed by atoms with Gasteiger partial charge in [-0.2, -0.15) is 0 Å². The molecule has 0 aromatic carbocycles. The van der Waals surface area contributed by atoms with E-state index in [-0.39, 0.29) is 0 Å². The molecule has 0 aliphatic rings. The summed E-state index contributed by atoms with van der Waals surface area (Å²) in [5, 5.41) is 12.7. The Hall–Kier alpha value is -1.39. The number of rotatable bonds is 3. The summed E-state index contributed by atoms with van der Waals surface area (Å²) >= 11 is 3.07. The van der Waals surface area contributed by atoms with E-state index in [1.807, 2.05) is 29.7 Å². The molecule has 0 spiro atoms. The van der Waals surface area contributed by atoms with Crippen LogP contribution in [0.5, 0.6) is 0 Å². The first-order valence-electron chi connectivity index (χ1n) is 4.30. The Bertz CT molecular complexity index is 480. The lowest BCUT2D eigenvalue weighted by molar-refractivity contribution is 0.0697. The van der Waals surface area contributed by atoms with Crippen LogP contribution in [0, 0.1) is 0 Å². The summed E-state index contributed by atoms with van der Waals surface area (Å²) in [7, 11) is 0. The summed E-state index contributed by atoms with van der Waals surface area (Å²) in [6.07, 6.45) is 3.78. The number of carboxylic acids is 1. The van der Waals surface area contributed by atoms with Crippen molar-refractivity contribution in [1.82, 2.24) is 0 Å². The third-order valence-corrected chi connectivity index (χ3v) is 3.59. The van der Waals surface area contributed by atoms with Crippen molar-refractivity contribution in [1.29, 1.82) is 0 Å². The van der Waals surface area contributed by atoms with Crippen molar-refractivity contribution in [3.05, 3.63) is 44.3 Å². The largest absolute Gasteiger partial charge is 0.478 e. The zero-order valence-electron chi connectivity index (χ0n) is 7.71. The molecule has 0 aliphatic carbocycles. The van der Waals surface area contributed by atoms with Crippen LogP contribution in [0.25, 0.3) is 12.2 Å². The summed E-state index contributed by atoms with van der Waals surface area (Å²) in [5.41, 5.74) is 0.368. The molecule has 0 amide bonds. The van der Waals surface area contributed by atoms with E-state index in [4.69, 9.17) is 5.11 Å². The van der Waals surface area contributed by atoms with Gasteiger partial charge >= 0.3 is 5.97 Å². The van der Waals surface area contributed by atoms with E-state index in [2.05, 4.69) is 0 Å². The lowest BCUT2D eigenvalue weighted by atomic mass is 10.2. The highest BCUT2D eigenvalue weighted by molar-refractivity contribution is 7.12. The quantitative estimate of drug-likeness (QED) is 0.882. The van der Waals surface area contributed by atoms with E-state index in [0.717, 1.165) is 9.75 Å². The number of thiophene rings is 2. The standard InChI is InChI=1S/C11H8O2S2/c12-11(13)9-5-7-15-10(9)4-3-8-2-1-6-14-8/h1-7H,(H,12,13)/b4-3+. The fourth-order valence-electron chi connectivity index (χ4n) is 1.17. The molecule has 2 aromatic rings. The molecule has 0 saturated heterocycles. The highest BCUT2D eigenvalue weighted by Gasteiger charge is 2.08. The third kappa shape index (κ3) is 2.34. The maximum absolute atomic E-state index is 10.8. The zero-order valence-corrected chi connectivity index (χ0v) is 9.35. The van der Waals surface area contributed by atoms with Crippen LogP contribution in [0.1, 0.15) is 20.1 Å². The SMILES string of the molecule is O=C(O)c1ccsc1/C=C/c1cccs1. The second kappa shape index (κ2) is 4.42. The third-order valence-electron chi connectivity index (χ3n) is 1.87. The van der Waals surface area contributed by atoms with Crippen LogP contribution in [-0.2, 0) is 0 Å². The lowest BCUT2D eigenvalue weighted by Gasteiger charge is -1.90. The topological polar surface area (TPSA) is 37.3 Å². The molecule has 2 rings (SSSR count). The van der Waals surface area contributed by atoms with Gasteiger partial charge in [-0.05, 0) is 35.0 Å². The summed E-state index contributed by atoms with van der Waals surface area (Å²) in [6, 6.07) is 5.59. The predicted molar refractivity (Wildman–Crippen MR) is 64.5 cm³/mol. The number of carboxylic acid groups (broad SMARTS) is 1. The van der Waals surface area contributed by atoms with Crippen LogP contribution in [0.2, 0.25) is 0 Å². The Labute approximate surface area is 95.1 Å². The minimum absolute atomic E-state index is 0.368. The molecule has 0 saturated carbocycles. The molecule has 2 heterocycles. The van der Waals surface area contributed by atoms with Crippen LogP contribution < -0.4 is 0 Å². The van der Waals surface area contributed by atoms with Gasteiger partial charge in [0.2, 0.25) is 0 Å².